The molecule has 0 radical (unpaired) electrons. The molecule has 0 aliphatic carbocycles. The number of aryl methyl sites for hydroxylation is 1. The van der Waals surface area contributed by atoms with Gasteiger partial charge in [0, 0.05) is 22.4 Å². The molecule has 28 heavy (non-hydrogen) atoms. The summed E-state index contributed by atoms with van der Waals surface area (Å²) in [7, 11) is 0. The third kappa shape index (κ3) is 4.10. The third-order valence-corrected chi connectivity index (χ3v) is 6.05. The van der Waals surface area contributed by atoms with Crippen LogP contribution in [-0.4, -0.2) is 26.2 Å². The van der Waals surface area contributed by atoms with E-state index in [4.69, 9.17) is 11.6 Å². The van der Waals surface area contributed by atoms with E-state index in [0.717, 1.165) is 17.7 Å². The lowest BCUT2D eigenvalue weighted by Gasteiger charge is -2.17. The summed E-state index contributed by atoms with van der Waals surface area (Å²) in [6.07, 6.45) is 0.786. The zero-order valence-corrected chi connectivity index (χ0v) is 17.9. The fourth-order valence-corrected chi connectivity index (χ4v) is 3.99. The molecule has 0 spiro atoms. The summed E-state index contributed by atoms with van der Waals surface area (Å²) >= 11 is 7.37. The van der Waals surface area contributed by atoms with Crippen LogP contribution in [0.25, 0.3) is 11.0 Å². The Kier molecular flexibility index (Phi) is 6.15. The van der Waals surface area contributed by atoms with Crippen molar-refractivity contribution >= 4 is 46.0 Å². The Balaban J connectivity index is 1.86. The molecule has 0 bridgehead atoms. The van der Waals surface area contributed by atoms with Crippen LogP contribution in [0.4, 0.5) is 5.69 Å². The Bertz CT molecular complexity index is 1090. The van der Waals surface area contributed by atoms with Crippen LogP contribution in [0.1, 0.15) is 37.6 Å². The molecule has 0 fully saturated rings. The first-order chi connectivity index (χ1) is 13.3. The number of aromatic amines is 1. The second-order valence-electron chi connectivity index (χ2n) is 6.79. The van der Waals surface area contributed by atoms with E-state index in [9.17, 15) is 9.59 Å². The largest absolute Gasteiger partial charge is 0.353 e. The second kappa shape index (κ2) is 8.41. The van der Waals surface area contributed by atoms with E-state index in [1.807, 2.05) is 39.8 Å². The molecule has 3 rings (SSSR count). The summed E-state index contributed by atoms with van der Waals surface area (Å²) in [5, 5.41) is 4.02. The molecule has 1 amide bonds. The number of hydrogen-bond acceptors (Lipinski definition) is 4. The van der Waals surface area contributed by atoms with Crippen LogP contribution in [0.5, 0.6) is 0 Å². The third-order valence-electron chi connectivity index (χ3n) is 4.69. The molecule has 0 saturated heterocycles. The standard InChI is InChI=1S/C20H23ClN4O2S/c1-5-12(3)25-19(27)18-16(9-11(2)22-18)24-20(25)28-10-17(26)23-15-8-6-7-14(21)13(15)4/h6-9,12,22H,5,10H2,1-4H3,(H,23,26)/t12-/m1/s1. The summed E-state index contributed by atoms with van der Waals surface area (Å²) in [6, 6.07) is 7.21. The highest BCUT2D eigenvalue weighted by atomic mass is 35.5. The van der Waals surface area contributed by atoms with Crippen LogP contribution in [-0.2, 0) is 4.79 Å². The van der Waals surface area contributed by atoms with Gasteiger partial charge in [0.25, 0.3) is 5.56 Å². The van der Waals surface area contributed by atoms with Gasteiger partial charge in [-0.15, -0.1) is 0 Å². The lowest BCUT2D eigenvalue weighted by molar-refractivity contribution is -0.113. The molecule has 2 aromatic heterocycles. The molecular formula is C20H23ClN4O2S. The minimum atomic E-state index is -0.175. The second-order valence-corrected chi connectivity index (χ2v) is 8.14. The molecule has 1 atom stereocenters. The molecule has 2 N–H and O–H groups in total. The van der Waals surface area contributed by atoms with E-state index >= 15 is 0 Å². The van der Waals surface area contributed by atoms with Crippen molar-refractivity contribution in [2.45, 2.75) is 45.3 Å². The topological polar surface area (TPSA) is 79.8 Å². The van der Waals surface area contributed by atoms with Gasteiger partial charge in [-0.25, -0.2) is 4.98 Å². The van der Waals surface area contributed by atoms with Crippen molar-refractivity contribution in [3.05, 3.63) is 50.9 Å². The normalized spacial score (nSPS) is 12.3. The first kappa shape index (κ1) is 20.5. The van der Waals surface area contributed by atoms with Gasteiger partial charge in [0.15, 0.2) is 5.16 Å². The molecule has 1 aromatic carbocycles. The van der Waals surface area contributed by atoms with Crippen molar-refractivity contribution in [2.75, 3.05) is 11.1 Å². The van der Waals surface area contributed by atoms with E-state index in [2.05, 4.69) is 15.3 Å². The van der Waals surface area contributed by atoms with E-state index in [1.165, 1.54) is 11.8 Å². The highest BCUT2D eigenvalue weighted by Gasteiger charge is 2.18. The number of thioether (sulfide) groups is 1. The van der Waals surface area contributed by atoms with Crippen LogP contribution < -0.4 is 10.9 Å². The fraction of sp³-hybridized carbons (Fsp3) is 0.350. The predicted molar refractivity (Wildman–Crippen MR) is 116 cm³/mol. The summed E-state index contributed by atoms with van der Waals surface area (Å²) in [4.78, 5) is 33.1. The Morgan fingerprint density at radius 2 is 2.14 bits per heavy atom. The highest BCUT2D eigenvalue weighted by molar-refractivity contribution is 7.99. The molecule has 2 heterocycles. The van der Waals surface area contributed by atoms with Crippen molar-refractivity contribution in [1.82, 2.24) is 14.5 Å². The van der Waals surface area contributed by atoms with E-state index < -0.39 is 0 Å². The van der Waals surface area contributed by atoms with Crippen molar-refractivity contribution in [1.29, 1.82) is 0 Å². The zero-order chi connectivity index (χ0) is 20.4. The van der Waals surface area contributed by atoms with Gasteiger partial charge in [-0.1, -0.05) is 36.4 Å². The number of rotatable bonds is 6. The van der Waals surface area contributed by atoms with Gasteiger partial charge in [0.1, 0.15) is 5.52 Å². The monoisotopic (exact) mass is 418 g/mol. The Labute approximate surface area is 172 Å². The number of nitrogens with one attached hydrogen (secondary N) is 2. The number of carbonyl (C=O) groups is 1. The summed E-state index contributed by atoms with van der Waals surface area (Å²) in [5.74, 6) is -0.0327. The van der Waals surface area contributed by atoms with Crippen molar-refractivity contribution in [2.24, 2.45) is 0 Å². The van der Waals surface area contributed by atoms with Crippen LogP contribution >= 0.6 is 23.4 Å². The first-order valence-corrected chi connectivity index (χ1v) is 10.5. The molecule has 0 aliphatic heterocycles. The number of carbonyl (C=O) groups excluding carboxylic acids is 1. The summed E-state index contributed by atoms with van der Waals surface area (Å²) in [6.45, 7) is 7.74. The molecule has 0 aliphatic rings. The van der Waals surface area contributed by atoms with E-state index in [1.54, 1.807) is 16.7 Å². The molecule has 8 heteroatoms. The van der Waals surface area contributed by atoms with Crippen LogP contribution in [0.2, 0.25) is 5.02 Å². The minimum Gasteiger partial charge on any atom is -0.353 e. The molecule has 0 saturated carbocycles. The number of amides is 1. The maximum absolute atomic E-state index is 12.9. The highest BCUT2D eigenvalue weighted by Crippen LogP contribution is 2.25. The Morgan fingerprint density at radius 3 is 2.86 bits per heavy atom. The molecular weight excluding hydrogens is 396 g/mol. The van der Waals surface area contributed by atoms with Gasteiger partial charge in [-0.3, -0.25) is 14.2 Å². The van der Waals surface area contributed by atoms with Gasteiger partial charge < -0.3 is 10.3 Å². The quantitative estimate of drug-likeness (QED) is 0.449. The number of fused-ring (bicyclic) bond motifs is 1. The maximum Gasteiger partial charge on any atom is 0.278 e. The van der Waals surface area contributed by atoms with Gasteiger partial charge in [0.2, 0.25) is 5.91 Å². The molecule has 6 nitrogen and oxygen atoms in total. The average Bonchev–Trinajstić information content (AvgIpc) is 3.04. The van der Waals surface area contributed by atoms with E-state index in [-0.39, 0.29) is 23.3 Å². The van der Waals surface area contributed by atoms with Crippen molar-refractivity contribution < 1.29 is 4.79 Å². The van der Waals surface area contributed by atoms with Crippen molar-refractivity contribution in [3.8, 4) is 0 Å². The zero-order valence-electron chi connectivity index (χ0n) is 16.3. The molecule has 3 aromatic rings. The van der Waals surface area contributed by atoms with Crippen LogP contribution in [0, 0.1) is 13.8 Å². The number of anilines is 1. The van der Waals surface area contributed by atoms with Crippen LogP contribution in [0.3, 0.4) is 0 Å². The SMILES string of the molecule is CC[C@@H](C)n1c(SCC(=O)Nc2cccc(Cl)c2C)nc2cc(C)[nH]c2c1=O. The lowest BCUT2D eigenvalue weighted by Crippen LogP contribution is -2.26. The Hall–Kier alpha value is -2.25. The average molecular weight is 419 g/mol. The van der Waals surface area contributed by atoms with E-state index in [0.29, 0.717) is 26.9 Å². The maximum atomic E-state index is 12.9. The van der Waals surface area contributed by atoms with Crippen LogP contribution in [0.15, 0.2) is 34.2 Å². The number of aromatic nitrogens is 3. The smallest absolute Gasteiger partial charge is 0.278 e. The van der Waals surface area contributed by atoms with Gasteiger partial charge in [0.05, 0.1) is 11.3 Å². The van der Waals surface area contributed by atoms with Gasteiger partial charge >= 0.3 is 0 Å². The van der Waals surface area contributed by atoms with Crippen molar-refractivity contribution in [3.63, 3.8) is 0 Å². The van der Waals surface area contributed by atoms with Gasteiger partial charge in [-0.05, 0) is 51.0 Å². The van der Waals surface area contributed by atoms with Gasteiger partial charge in [-0.2, -0.15) is 0 Å². The number of hydrogen-bond donors (Lipinski definition) is 2. The number of halogens is 1. The molecule has 148 valence electrons. The fourth-order valence-electron chi connectivity index (χ4n) is 2.92. The lowest BCUT2D eigenvalue weighted by atomic mass is 10.2. The molecule has 0 unspecified atom stereocenters. The first-order valence-electron chi connectivity index (χ1n) is 9.11. The summed E-state index contributed by atoms with van der Waals surface area (Å²) in [5.41, 5.74) is 3.40. The predicted octanol–water partition coefficient (Wildman–Crippen LogP) is 4.70. The number of H-pyrrole nitrogens is 1. The summed E-state index contributed by atoms with van der Waals surface area (Å²) < 4.78 is 1.67. The number of benzene rings is 1. The Morgan fingerprint density at radius 1 is 1.39 bits per heavy atom. The number of nitrogens with zero attached hydrogens (tertiary/aromatic N) is 2. The minimum absolute atomic E-state index is 0.0197.